The second kappa shape index (κ2) is 11.0. The van der Waals surface area contributed by atoms with E-state index in [1.165, 1.54) is 0 Å². The number of ether oxygens (including phenoxy) is 1. The largest absolute Gasteiger partial charge is 0.444 e. The number of alkyl carbamates (subject to hydrolysis) is 1. The van der Waals surface area contributed by atoms with E-state index in [0.29, 0.717) is 25.6 Å². The first-order valence-corrected chi connectivity index (χ1v) is 10.7. The molecule has 2 N–H and O–H groups in total. The normalized spacial score (nSPS) is 11.5. The van der Waals surface area contributed by atoms with Crippen LogP contribution in [0.3, 0.4) is 0 Å². The molecule has 0 aliphatic rings. The third-order valence-corrected chi connectivity index (χ3v) is 4.62. The van der Waals surface area contributed by atoms with E-state index in [2.05, 4.69) is 20.6 Å². The highest BCUT2D eigenvalue weighted by molar-refractivity contribution is 5.96. The quantitative estimate of drug-likeness (QED) is 0.329. The number of hydrogen-bond acceptors (Lipinski definition) is 5. The van der Waals surface area contributed by atoms with E-state index in [0.717, 1.165) is 22.0 Å². The molecule has 3 aromatic rings. The Kier molecular flexibility index (Phi) is 7.82. The summed E-state index contributed by atoms with van der Waals surface area (Å²) >= 11 is 0. The van der Waals surface area contributed by atoms with Crippen molar-refractivity contribution in [2.45, 2.75) is 32.9 Å². The second-order valence-electron chi connectivity index (χ2n) is 8.43. The van der Waals surface area contributed by atoms with Crippen molar-refractivity contribution in [1.82, 2.24) is 15.2 Å². The second-order valence-corrected chi connectivity index (χ2v) is 8.43. The zero-order valence-corrected chi connectivity index (χ0v) is 19.1. The van der Waals surface area contributed by atoms with Crippen LogP contribution >= 0.6 is 0 Å². The van der Waals surface area contributed by atoms with E-state index in [1.54, 1.807) is 12.4 Å². The zero-order chi connectivity index (χ0) is 23.7. The van der Waals surface area contributed by atoms with Gasteiger partial charge in [-0.05, 0) is 49.9 Å². The molecule has 33 heavy (non-hydrogen) atoms. The molecule has 0 bridgehead atoms. The van der Waals surface area contributed by atoms with Crippen LogP contribution in [0.2, 0.25) is 0 Å². The van der Waals surface area contributed by atoms with Gasteiger partial charge in [0.05, 0.1) is 0 Å². The number of nitrogens with one attached hydrogen (secondary N) is 2. The molecule has 8 nitrogen and oxygen atoms in total. The zero-order valence-electron chi connectivity index (χ0n) is 19.1. The maximum atomic E-state index is 12.1. The van der Waals surface area contributed by atoms with Gasteiger partial charge in [-0.25, -0.2) is 4.79 Å². The first kappa shape index (κ1) is 23.5. The Balaban J connectivity index is 1.78. The first-order valence-electron chi connectivity index (χ1n) is 10.7. The van der Waals surface area contributed by atoms with Crippen molar-refractivity contribution in [3.05, 3.63) is 72.6 Å². The lowest BCUT2D eigenvalue weighted by Gasteiger charge is -2.27. The van der Waals surface area contributed by atoms with Crippen molar-refractivity contribution < 1.29 is 9.53 Å². The maximum absolute atomic E-state index is 12.1. The molecule has 0 radical (unpaired) electrons. The molecular weight excluding hydrogens is 416 g/mol. The predicted molar refractivity (Wildman–Crippen MR) is 130 cm³/mol. The number of guanidine groups is 1. The van der Waals surface area contributed by atoms with E-state index in [-0.39, 0.29) is 0 Å². The van der Waals surface area contributed by atoms with Crippen LogP contribution in [0.25, 0.3) is 10.8 Å². The van der Waals surface area contributed by atoms with Crippen molar-refractivity contribution in [2.75, 3.05) is 18.4 Å². The van der Waals surface area contributed by atoms with Crippen molar-refractivity contribution in [2.24, 2.45) is 4.99 Å². The molecule has 0 saturated carbocycles. The fourth-order valence-electron chi connectivity index (χ4n) is 3.19. The molecule has 0 atom stereocenters. The first-order chi connectivity index (χ1) is 15.8. The Labute approximate surface area is 193 Å². The van der Waals surface area contributed by atoms with E-state index in [1.807, 2.05) is 86.5 Å². The average molecular weight is 445 g/mol. The lowest BCUT2D eigenvalue weighted by atomic mass is 10.1. The van der Waals surface area contributed by atoms with Gasteiger partial charge in [0.1, 0.15) is 5.60 Å². The number of anilines is 1. The lowest BCUT2D eigenvalue weighted by Crippen LogP contribution is -2.42. The summed E-state index contributed by atoms with van der Waals surface area (Å²) in [5, 5.41) is 17.4. The summed E-state index contributed by atoms with van der Waals surface area (Å²) in [7, 11) is 0. The van der Waals surface area contributed by atoms with Gasteiger partial charge < -0.3 is 20.3 Å². The molecule has 0 aliphatic carbocycles. The van der Waals surface area contributed by atoms with Crippen LogP contribution < -0.4 is 10.6 Å². The van der Waals surface area contributed by atoms with Crippen molar-refractivity contribution in [1.29, 1.82) is 5.26 Å². The van der Waals surface area contributed by atoms with E-state index in [9.17, 15) is 10.1 Å². The third-order valence-electron chi connectivity index (χ3n) is 4.62. The van der Waals surface area contributed by atoms with Gasteiger partial charge in [0, 0.05) is 43.1 Å². The van der Waals surface area contributed by atoms with E-state index in [4.69, 9.17) is 4.74 Å². The topological polar surface area (TPSA) is 103 Å². The highest BCUT2D eigenvalue weighted by Gasteiger charge is 2.17. The third kappa shape index (κ3) is 7.51. The Hall–Kier alpha value is -4.12. The fourth-order valence-corrected chi connectivity index (χ4v) is 3.19. The molecule has 0 saturated heterocycles. The van der Waals surface area contributed by atoms with Crippen LogP contribution in [0.5, 0.6) is 0 Å². The Morgan fingerprint density at radius 1 is 1.15 bits per heavy atom. The summed E-state index contributed by atoms with van der Waals surface area (Å²) in [6, 6.07) is 17.6. The molecule has 0 spiro atoms. The van der Waals surface area contributed by atoms with Crippen LogP contribution in [0, 0.1) is 11.5 Å². The van der Waals surface area contributed by atoms with Crippen molar-refractivity contribution in [3.8, 4) is 6.19 Å². The number of amides is 1. The van der Waals surface area contributed by atoms with Gasteiger partial charge in [0.25, 0.3) is 0 Å². The minimum Gasteiger partial charge on any atom is -0.444 e. The fraction of sp³-hybridized carbons (Fsp3) is 0.280. The Bertz CT molecular complexity index is 1150. The minimum atomic E-state index is -0.575. The maximum Gasteiger partial charge on any atom is 0.407 e. The van der Waals surface area contributed by atoms with Gasteiger partial charge in [-0.2, -0.15) is 5.26 Å². The molecular formula is C25H28N6O2. The monoisotopic (exact) mass is 444 g/mol. The number of aliphatic imine (C=N–C) groups is 1. The standard InChI is InChI=1S/C25H28N6O2/c1-25(2,3)33-24(32)28-13-14-31(17-19-7-5-4-6-8-19)23(29-18-26)30-22-10-9-21-16-27-12-11-20(21)15-22/h4-12,15-16H,13-14,17H2,1-3H3,(H,28,32)(H,29,30). The summed E-state index contributed by atoms with van der Waals surface area (Å²) in [4.78, 5) is 22.1. The summed E-state index contributed by atoms with van der Waals surface area (Å²) in [5.41, 5.74) is 1.27. The van der Waals surface area contributed by atoms with Crippen LogP contribution in [0.4, 0.5) is 10.5 Å². The number of pyridine rings is 1. The number of nitriles is 1. The number of rotatable bonds is 6. The number of hydrogen-bond donors (Lipinski definition) is 2. The number of nitrogens with zero attached hydrogens (tertiary/aromatic N) is 4. The molecule has 0 aliphatic heterocycles. The molecule has 2 aromatic carbocycles. The van der Waals surface area contributed by atoms with Crippen LogP contribution in [-0.2, 0) is 11.3 Å². The average Bonchev–Trinajstić information content (AvgIpc) is 2.77. The van der Waals surface area contributed by atoms with Gasteiger partial charge >= 0.3 is 6.09 Å². The number of benzene rings is 2. The predicted octanol–water partition coefficient (Wildman–Crippen LogP) is 4.51. The smallest absolute Gasteiger partial charge is 0.407 e. The van der Waals surface area contributed by atoms with Gasteiger partial charge in [0.2, 0.25) is 12.2 Å². The number of carbonyl (C=O) groups excluding carboxylic acids is 1. The van der Waals surface area contributed by atoms with Gasteiger partial charge in [-0.15, -0.1) is 4.99 Å². The summed E-state index contributed by atoms with van der Waals surface area (Å²) in [6.45, 7) is 6.68. The van der Waals surface area contributed by atoms with Crippen LogP contribution in [-0.4, -0.2) is 40.6 Å². The number of fused-ring (bicyclic) bond motifs is 1. The SMILES string of the molecule is CC(C)(C)OC(=O)NCCN(Cc1ccccc1)/C(=N\C#N)Nc1ccc2cnccc2c1. The van der Waals surface area contributed by atoms with Crippen molar-refractivity contribution >= 4 is 28.5 Å². The number of aromatic nitrogens is 1. The molecule has 1 amide bonds. The highest BCUT2D eigenvalue weighted by Crippen LogP contribution is 2.19. The minimum absolute atomic E-state index is 0.317. The van der Waals surface area contributed by atoms with Crippen LogP contribution in [0.1, 0.15) is 26.3 Å². The van der Waals surface area contributed by atoms with E-state index >= 15 is 0 Å². The van der Waals surface area contributed by atoms with Gasteiger partial charge in [-0.1, -0.05) is 36.4 Å². The highest BCUT2D eigenvalue weighted by atomic mass is 16.6. The van der Waals surface area contributed by atoms with Crippen LogP contribution in [0.15, 0.2) is 72.0 Å². The Morgan fingerprint density at radius 2 is 1.94 bits per heavy atom. The summed E-state index contributed by atoms with van der Waals surface area (Å²) in [6.07, 6.45) is 4.93. The molecule has 3 rings (SSSR count). The van der Waals surface area contributed by atoms with Gasteiger partial charge in [-0.3, -0.25) is 4.98 Å². The molecule has 170 valence electrons. The molecule has 1 aromatic heterocycles. The lowest BCUT2D eigenvalue weighted by molar-refractivity contribution is 0.0525. The molecule has 0 unspecified atom stereocenters. The van der Waals surface area contributed by atoms with E-state index < -0.39 is 11.7 Å². The summed E-state index contributed by atoms with van der Waals surface area (Å²) < 4.78 is 5.31. The molecule has 0 fully saturated rings. The molecule has 1 heterocycles. The van der Waals surface area contributed by atoms with Gasteiger partial charge in [0.15, 0.2) is 0 Å². The Morgan fingerprint density at radius 3 is 2.67 bits per heavy atom. The van der Waals surface area contributed by atoms with Crippen molar-refractivity contribution in [3.63, 3.8) is 0 Å². The summed E-state index contributed by atoms with van der Waals surface area (Å²) in [5.74, 6) is 0.390. The molecule has 8 heteroatoms. The number of carbonyl (C=O) groups is 1.